The second kappa shape index (κ2) is 6.29. The van der Waals surface area contributed by atoms with Crippen LogP contribution in [0.2, 0.25) is 0 Å². The van der Waals surface area contributed by atoms with E-state index in [1.54, 1.807) is 24.3 Å². The highest BCUT2D eigenvalue weighted by Gasteiger charge is 2.12. The van der Waals surface area contributed by atoms with Crippen molar-refractivity contribution in [1.29, 1.82) is 0 Å². The molecule has 8 heteroatoms. The van der Waals surface area contributed by atoms with Crippen LogP contribution in [0.1, 0.15) is 17.0 Å². The number of nitrogens with one attached hydrogen (secondary N) is 1. The van der Waals surface area contributed by atoms with E-state index in [2.05, 4.69) is 14.9 Å². The van der Waals surface area contributed by atoms with Crippen molar-refractivity contribution >= 4 is 26.5 Å². The molecule has 0 aliphatic heterocycles. The third-order valence-electron chi connectivity index (χ3n) is 2.67. The first kappa shape index (κ1) is 14.9. The van der Waals surface area contributed by atoms with Crippen molar-refractivity contribution in [3.05, 3.63) is 34.8 Å². The van der Waals surface area contributed by atoms with E-state index >= 15 is 0 Å². The number of hydrogen-bond acceptors (Lipinski definition) is 6. The summed E-state index contributed by atoms with van der Waals surface area (Å²) in [7, 11) is -3.43. The zero-order valence-electron chi connectivity index (χ0n) is 11.0. The molecule has 0 spiro atoms. The van der Waals surface area contributed by atoms with Crippen molar-refractivity contribution in [2.45, 2.75) is 24.7 Å². The predicted molar refractivity (Wildman–Crippen MR) is 79.0 cm³/mol. The summed E-state index contributed by atoms with van der Waals surface area (Å²) < 4.78 is 26.6. The second-order valence-electron chi connectivity index (χ2n) is 4.35. The lowest BCUT2D eigenvalue weighted by Crippen LogP contribution is -2.25. The van der Waals surface area contributed by atoms with Crippen LogP contribution < -0.4 is 10.5 Å². The van der Waals surface area contributed by atoms with Gasteiger partial charge < -0.3 is 5.73 Å². The number of nitrogens with zero attached hydrogens (tertiary/aromatic N) is 2. The molecule has 108 valence electrons. The zero-order valence-corrected chi connectivity index (χ0v) is 12.7. The minimum Gasteiger partial charge on any atom is -0.374 e. The summed E-state index contributed by atoms with van der Waals surface area (Å²) in [4.78, 5) is 0.281. The van der Waals surface area contributed by atoms with Gasteiger partial charge in [0.15, 0.2) is 0 Å². The topological polar surface area (TPSA) is 98.0 Å². The summed E-state index contributed by atoms with van der Waals surface area (Å²) in [5.41, 5.74) is 6.50. The first-order chi connectivity index (χ1) is 9.47. The van der Waals surface area contributed by atoms with E-state index in [-0.39, 0.29) is 4.90 Å². The molecule has 1 aromatic heterocycles. The molecular weight excluding hydrogens is 296 g/mol. The first-order valence-corrected chi connectivity index (χ1v) is 8.41. The minimum atomic E-state index is -3.43. The molecule has 0 saturated carbocycles. The van der Waals surface area contributed by atoms with E-state index in [0.717, 1.165) is 10.6 Å². The van der Waals surface area contributed by atoms with E-state index in [9.17, 15) is 8.42 Å². The van der Waals surface area contributed by atoms with E-state index in [1.165, 1.54) is 11.3 Å². The van der Waals surface area contributed by atoms with Crippen molar-refractivity contribution in [3.63, 3.8) is 0 Å². The molecule has 1 heterocycles. The summed E-state index contributed by atoms with van der Waals surface area (Å²) in [6.07, 6.45) is 1.31. The minimum absolute atomic E-state index is 0.281. The van der Waals surface area contributed by atoms with E-state index < -0.39 is 10.0 Å². The SMILES string of the molecule is Cc1ccc(S(=O)(=O)NCCCc2nnc(N)s2)cc1. The standard InChI is InChI=1S/C12H16N4O2S2/c1-9-4-6-10(7-5-9)20(17,18)14-8-2-3-11-15-16-12(13)19-11/h4-7,14H,2-3,8H2,1H3,(H2,13,16). The van der Waals surface area contributed by atoms with E-state index in [4.69, 9.17) is 5.73 Å². The largest absolute Gasteiger partial charge is 0.374 e. The number of sulfonamides is 1. The van der Waals surface area contributed by atoms with Gasteiger partial charge in [0.05, 0.1) is 4.90 Å². The number of anilines is 1. The van der Waals surface area contributed by atoms with Gasteiger partial charge in [0.1, 0.15) is 5.01 Å². The average Bonchev–Trinajstić information content (AvgIpc) is 2.81. The summed E-state index contributed by atoms with van der Waals surface area (Å²) in [6.45, 7) is 2.27. The van der Waals surface area contributed by atoms with Crippen LogP contribution in [0.5, 0.6) is 0 Å². The quantitative estimate of drug-likeness (QED) is 0.784. The fourth-order valence-corrected chi connectivity index (χ4v) is 3.34. The molecule has 0 aliphatic rings. The van der Waals surface area contributed by atoms with Gasteiger partial charge in [-0.2, -0.15) is 0 Å². The summed E-state index contributed by atoms with van der Waals surface area (Å²) >= 11 is 1.32. The van der Waals surface area contributed by atoms with Gasteiger partial charge in [-0.15, -0.1) is 10.2 Å². The molecule has 0 unspecified atom stereocenters. The molecule has 0 atom stereocenters. The van der Waals surface area contributed by atoms with Crippen molar-refractivity contribution < 1.29 is 8.42 Å². The van der Waals surface area contributed by atoms with Gasteiger partial charge in [-0.25, -0.2) is 13.1 Å². The molecule has 0 fully saturated rings. The predicted octanol–water partition coefficient (Wildman–Crippen LogP) is 1.34. The van der Waals surface area contributed by atoms with Gasteiger partial charge >= 0.3 is 0 Å². The summed E-state index contributed by atoms with van der Waals surface area (Å²) in [5, 5.41) is 8.84. The van der Waals surface area contributed by atoms with Gasteiger partial charge in [0.25, 0.3) is 0 Å². The van der Waals surface area contributed by atoms with Gasteiger partial charge in [-0.1, -0.05) is 29.0 Å². The highest BCUT2D eigenvalue weighted by Crippen LogP contribution is 2.13. The summed E-state index contributed by atoms with van der Waals surface area (Å²) in [5.74, 6) is 0. The van der Waals surface area contributed by atoms with Gasteiger partial charge in [-0.05, 0) is 25.5 Å². The average molecular weight is 312 g/mol. The molecule has 3 N–H and O–H groups in total. The molecule has 20 heavy (non-hydrogen) atoms. The maximum absolute atomic E-state index is 12.0. The monoisotopic (exact) mass is 312 g/mol. The molecule has 6 nitrogen and oxygen atoms in total. The van der Waals surface area contributed by atoms with Crippen LogP contribution >= 0.6 is 11.3 Å². The number of nitrogens with two attached hydrogens (primary N) is 1. The van der Waals surface area contributed by atoms with Crippen molar-refractivity contribution in [2.75, 3.05) is 12.3 Å². The summed E-state index contributed by atoms with van der Waals surface area (Å²) in [6, 6.07) is 6.75. The van der Waals surface area contributed by atoms with Crippen LogP contribution in [-0.4, -0.2) is 25.2 Å². The fraction of sp³-hybridized carbons (Fsp3) is 0.333. The van der Waals surface area contributed by atoms with Gasteiger partial charge in [-0.3, -0.25) is 0 Å². The second-order valence-corrected chi connectivity index (χ2v) is 7.21. The lowest BCUT2D eigenvalue weighted by molar-refractivity contribution is 0.579. The number of aromatic nitrogens is 2. The maximum Gasteiger partial charge on any atom is 0.240 e. The molecule has 2 rings (SSSR count). The Balaban J connectivity index is 1.85. The smallest absolute Gasteiger partial charge is 0.240 e. The number of aryl methyl sites for hydroxylation is 2. The highest BCUT2D eigenvalue weighted by atomic mass is 32.2. The normalized spacial score (nSPS) is 11.7. The van der Waals surface area contributed by atoms with Crippen LogP contribution in [0.3, 0.4) is 0 Å². The van der Waals surface area contributed by atoms with E-state index in [1.807, 2.05) is 6.92 Å². The molecular formula is C12H16N4O2S2. The fourth-order valence-electron chi connectivity index (χ4n) is 1.61. The lowest BCUT2D eigenvalue weighted by atomic mass is 10.2. The number of benzene rings is 1. The Kier molecular flexibility index (Phi) is 4.69. The molecule has 0 amide bonds. The molecule has 0 aliphatic carbocycles. The van der Waals surface area contributed by atoms with Crippen LogP contribution in [-0.2, 0) is 16.4 Å². The van der Waals surface area contributed by atoms with Gasteiger partial charge in [0.2, 0.25) is 15.2 Å². The lowest BCUT2D eigenvalue weighted by Gasteiger charge is -2.06. The van der Waals surface area contributed by atoms with Crippen LogP contribution in [0.15, 0.2) is 29.2 Å². The Hall–Kier alpha value is -1.51. The molecule has 0 radical (unpaired) electrons. The van der Waals surface area contributed by atoms with Crippen LogP contribution in [0.4, 0.5) is 5.13 Å². The Morgan fingerprint density at radius 1 is 1.25 bits per heavy atom. The Morgan fingerprint density at radius 3 is 2.55 bits per heavy atom. The van der Waals surface area contributed by atoms with Crippen LogP contribution in [0, 0.1) is 6.92 Å². The van der Waals surface area contributed by atoms with Crippen molar-refractivity contribution in [3.8, 4) is 0 Å². The Morgan fingerprint density at radius 2 is 1.95 bits per heavy atom. The van der Waals surface area contributed by atoms with Crippen LogP contribution in [0.25, 0.3) is 0 Å². The molecule has 2 aromatic rings. The van der Waals surface area contributed by atoms with Crippen molar-refractivity contribution in [1.82, 2.24) is 14.9 Å². The number of rotatable bonds is 6. The Bertz CT molecular complexity index is 665. The van der Waals surface area contributed by atoms with E-state index in [0.29, 0.717) is 24.5 Å². The third-order valence-corrected chi connectivity index (χ3v) is 4.96. The third kappa shape index (κ3) is 3.99. The first-order valence-electron chi connectivity index (χ1n) is 6.11. The van der Waals surface area contributed by atoms with Crippen molar-refractivity contribution in [2.24, 2.45) is 0 Å². The molecule has 0 saturated heterocycles. The Labute approximate surface area is 122 Å². The molecule has 1 aromatic carbocycles. The number of hydrogen-bond donors (Lipinski definition) is 2. The number of nitrogen functional groups attached to an aromatic ring is 1. The maximum atomic E-state index is 12.0. The molecule has 0 bridgehead atoms. The zero-order chi connectivity index (χ0) is 14.6. The van der Waals surface area contributed by atoms with Gasteiger partial charge in [0, 0.05) is 13.0 Å². The highest BCUT2D eigenvalue weighted by molar-refractivity contribution is 7.89.